The molecule has 172 valence electrons. The molecule has 2 atom stereocenters. The number of hydrogen-bond acceptors (Lipinski definition) is 4. The third-order valence-electron chi connectivity index (χ3n) is 4.96. The van der Waals surface area contributed by atoms with E-state index in [-0.39, 0.29) is 47.0 Å². The SMILES string of the molecule is CN=C(NCc1ccc(OC)c(OC(F)F)c1)NCC1CCCOC1C(C)(C)C.I. The maximum Gasteiger partial charge on any atom is 0.387 e. The second-order valence-electron chi connectivity index (χ2n) is 8.23. The molecular formula is C21H34F2IN3O3. The van der Waals surface area contributed by atoms with Crippen LogP contribution >= 0.6 is 24.0 Å². The molecule has 2 rings (SSSR count). The molecule has 0 aliphatic carbocycles. The Hall–Kier alpha value is -1.36. The van der Waals surface area contributed by atoms with E-state index in [1.807, 2.05) is 0 Å². The molecule has 0 aromatic heterocycles. The Morgan fingerprint density at radius 2 is 2.00 bits per heavy atom. The minimum absolute atomic E-state index is 0. The molecule has 0 bridgehead atoms. The van der Waals surface area contributed by atoms with Crippen LogP contribution in [0.1, 0.15) is 39.2 Å². The first-order valence-corrected chi connectivity index (χ1v) is 9.92. The number of hydrogen-bond donors (Lipinski definition) is 2. The van der Waals surface area contributed by atoms with Gasteiger partial charge < -0.3 is 24.8 Å². The summed E-state index contributed by atoms with van der Waals surface area (Å²) in [6.45, 7) is 5.67. The quantitative estimate of drug-likeness (QED) is 0.304. The summed E-state index contributed by atoms with van der Waals surface area (Å²) >= 11 is 0. The normalized spacial score (nSPS) is 19.8. The molecule has 1 aromatic rings. The number of nitrogens with zero attached hydrogens (tertiary/aromatic N) is 1. The minimum atomic E-state index is -2.91. The molecule has 0 saturated carbocycles. The minimum Gasteiger partial charge on any atom is -0.493 e. The van der Waals surface area contributed by atoms with Gasteiger partial charge in [0.2, 0.25) is 0 Å². The molecule has 1 heterocycles. The first-order valence-electron chi connectivity index (χ1n) is 9.92. The molecule has 0 radical (unpaired) electrons. The van der Waals surface area contributed by atoms with E-state index in [2.05, 4.69) is 41.1 Å². The van der Waals surface area contributed by atoms with E-state index >= 15 is 0 Å². The Morgan fingerprint density at radius 1 is 1.27 bits per heavy atom. The van der Waals surface area contributed by atoms with Gasteiger partial charge in [0, 0.05) is 32.7 Å². The number of nitrogens with one attached hydrogen (secondary N) is 2. The Balaban J connectivity index is 0.00000450. The summed E-state index contributed by atoms with van der Waals surface area (Å²) < 4.78 is 40.8. The highest BCUT2D eigenvalue weighted by Gasteiger charge is 2.35. The summed E-state index contributed by atoms with van der Waals surface area (Å²) in [7, 11) is 3.12. The number of methoxy groups -OCH3 is 1. The second-order valence-corrected chi connectivity index (χ2v) is 8.23. The summed E-state index contributed by atoms with van der Waals surface area (Å²) in [5.74, 6) is 1.32. The van der Waals surface area contributed by atoms with Crippen molar-refractivity contribution in [3.05, 3.63) is 23.8 Å². The predicted molar refractivity (Wildman–Crippen MR) is 125 cm³/mol. The lowest BCUT2D eigenvalue weighted by Crippen LogP contribution is -2.47. The lowest BCUT2D eigenvalue weighted by molar-refractivity contribution is -0.0835. The van der Waals surface area contributed by atoms with Crippen molar-refractivity contribution in [2.24, 2.45) is 16.3 Å². The molecule has 30 heavy (non-hydrogen) atoms. The standard InChI is InChI=1S/C21H33F2N3O3.HI/c1-21(2,3)18-15(7-6-10-28-18)13-26-20(24-4)25-12-14-8-9-16(27-5)17(11-14)29-19(22)23;/h8-9,11,15,18-19H,6-7,10,12-13H2,1-5H3,(H2,24,25,26);1H. The molecule has 1 aromatic carbocycles. The molecule has 2 N–H and O–H groups in total. The van der Waals surface area contributed by atoms with Crippen molar-refractivity contribution in [1.82, 2.24) is 10.6 Å². The van der Waals surface area contributed by atoms with Gasteiger partial charge >= 0.3 is 6.61 Å². The number of ether oxygens (including phenoxy) is 3. The van der Waals surface area contributed by atoms with Gasteiger partial charge in [-0.15, -0.1) is 24.0 Å². The molecule has 1 aliphatic heterocycles. The van der Waals surface area contributed by atoms with Crippen LogP contribution in [-0.4, -0.2) is 46.0 Å². The van der Waals surface area contributed by atoms with Gasteiger partial charge in [-0.25, -0.2) is 0 Å². The number of aliphatic imine (C=N–C) groups is 1. The van der Waals surface area contributed by atoms with Gasteiger partial charge in [-0.3, -0.25) is 4.99 Å². The van der Waals surface area contributed by atoms with Crippen molar-refractivity contribution < 1.29 is 23.0 Å². The molecule has 1 fully saturated rings. The molecule has 2 unspecified atom stereocenters. The fraction of sp³-hybridized carbons (Fsp3) is 0.667. The number of alkyl halides is 2. The Morgan fingerprint density at radius 3 is 2.60 bits per heavy atom. The van der Waals surface area contributed by atoms with Crippen molar-refractivity contribution in [2.45, 2.75) is 52.9 Å². The third kappa shape index (κ3) is 8.05. The highest BCUT2D eigenvalue weighted by molar-refractivity contribution is 14.0. The predicted octanol–water partition coefficient (Wildman–Crippen LogP) is 4.42. The van der Waals surface area contributed by atoms with Crippen LogP contribution in [0.25, 0.3) is 0 Å². The highest BCUT2D eigenvalue weighted by atomic mass is 127. The van der Waals surface area contributed by atoms with E-state index in [0.717, 1.165) is 31.6 Å². The Kier molecular flexibility index (Phi) is 11.1. The van der Waals surface area contributed by atoms with Crippen molar-refractivity contribution in [3.8, 4) is 11.5 Å². The summed E-state index contributed by atoms with van der Waals surface area (Å²) in [4.78, 5) is 4.26. The Labute approximate surface area is 195 Å². The average molecular weight is 541 g/mol. The highest BCUT2D eigenvalue weighted by Crippen LogP contribution is 2.33. The van der Waals surface area contributed by atoms with Crippen LogP contribution in [-0.2, 0) is 11.3 Å². The van der Waals surface area contributed by atoms with E-state index in [4.69, 9.17) is 9.47 Å². The first kappa shape index (κ1) is 26.7. The lowest BCUT2D eigenvalue weighted by Gasteiger charge is -2.40. The molecule has 0 amide bonds. The summed E-state index contributed by atoms with van der Waals surface area (Å²) in [6.07, 6.45) is 2.36. The zero-order valence-corrected chi connectivity index (χ0v) is 20.7. The van der Waals surface area contributed by atoms with Crippen LogP contribution in [0.3, 0.4) is 0 Å². The van der Waals surface area contributed by atoms with Gasteiger partial charge in [0.1, 0.15) is 0 Å². The third-order valence-corrected chi connectivity index (χ3v) is 4.96. The van der Waals surface area contributed by atoms with Crippen LogP contribution < -0.4 is 20.1 Å². The second kappa shape index (κ2) is 12.5. The summed E-state index contributed by atoms with van der Waals surface area (Å²) in [6, 6.07) is 4.94. The fourth-order valence-corrected chi connectivity index (χ4v) is 3.66. The summed E-state index contributed by atoms with van der Waals surface area (Å²) in [5, 5.41) is 6.57. The zero-order chi connectivity index (χ0) is 21.4. The van der Waals surface area contributed by atoms with Crippen molar-refractivity contribution in [2.75, 3.05) is 27.3 Å². The van der Waals surface area contributed by atoms with Gasteiger partial charge in [0.15, 0.2) is 17.5 Å². The maximum atomic E-state index is 12.6. The number of guanidine groups is 1. The molecule has 1 saturated heterocycles. The van der Waals surface area contributed by atoms with Gasteiger partial charge in [0.25, 0.3) is 0 Å². The average Bonchev–Trinajstić information content (AvgIpc) is 2.67. The van der Waals surface area contributed by atoms with Crippen LogP contribution in [0.5, 0.6) is 11.5 Å². The lowest BCUT2D eigenvalue weighted by atomic mass is 9.78. The fourth-order valence-electron chi connectivity index (χ4n) is 3.66. The van der Waals surface area contributed by atoms with Crippen molar-refractivity contribution in [1.29, 1.82) is 0 Å². The van der Waals surface area contributed by atoms with Gasteiger partial charge in [-0.2, -0.15) is 8.78 Å². The van der Waals surface area contributed by atoms with Gasteiger partial charge in [0.05, 0.1) is 13.2 Å². The smallest absolute Gasteiger partial charge is 0.387 e. The van der Waals surface area contributed by atoms with E-state index in [0.29, 0.717) is 18.4 Å². The van der Waals surface area contributed by atoms with Crippen molar-refractivity contribution in [3.63, 3.8) is 0 Å². The number of benzene rings is 1. The van der Waals surface area contributed by atoms with Crippen LogP contribution in [0, 0.1) is 11.3 Å². The topological polar surface area (TPSA) is 64.1 Å². The molecule has 0 spiro atoms. The van der Waals surface area contributed by atoms with E-state index < -0.39 is 6.61 Å². The first-order chi connectivity index (χ1) is 13.7. The van der Waals surface area contributed by atoms with Crippen LogP contribution in [0.2, 0.25) is 0 Å². The van der Waals surface area contributed by atoms with E-state index in [1.165, 1.54) is 13.2 Å². The monoisotopic (exact) mass is 541 g/mol. The number of rotatable bonds is 7. The van der Waals surface area contributed by atoms with Crippen molar-refractivity contribution >= 4 is 29.9 Å². The molecule has 6 nitrogen and oxygen atoms in total. The van der Waals surface area contributed by atoms with E-state index in [1.54, 1.807) is 19.2 Å². The number of halogens is 3. The Bertz CT molecular complexity index is 684. The van der Waals surface area contributed by atoms with Gasteiger partial charge in [-0.05, 0) is 36.0 Å². The van der Waals surface area contributed by atoms with Crippen LogP contribution in [0.15, 0.2) is 23.2 Å². The largest absolute Gasteiger partial charge is 0.493 e. The van der Waals surface area contributed by atoms with Crippen LogP contribution in [0.4, 0.5) is 8.78 Å². The molecular weight excluding hydrogens is 507 g/mol. The zero-order valence-electron chi connectivity index (χ0n) is 18.3. The molecule has 1 aliphatic rings. The maximum absolute atomic E-state index is 12.6. The molecule has 9 heteroatoms. The van der Waals surface area contributed by atoms with Gasteiger partial charge in [-0.1, -0.05) is 26.8 Å². The summed E-state index contributed by atoms with van der Waals surface area (Å²) in [5.41, 5.74) is 0.853. The van der Waals surface area contributed by atoms with E-state index in [9.17, 15) is 8.78 Å².